The van der Waals surface area contributed by atoms with Crippen molar-refractivity contribution >= 4 is 42.0 Å². The molecule has 0 saturated heterocycles. The molecular weight excluding hydrogens is 708 g/mol. The highest BCUT2D eigenvalue weighted by atomic mass is 16.4. The van der Waals surface area contributed by atoms with Crippen LogP contribution in [-0.4, -0.2) is 84.8 Å². The number of hydrogen-bond acceptors (Lipinski definition) is 11. The van der Waals surface area contributed by atoms with E-state index in [0.29, 0.717) is 25.7 Å². The largest absolute Gasteiger partial charge is 0.481 e. The molecule has 0 aromatic carbocycles. The van der Waals surface area contributed by atoms with Crippen LogP contribution < -0.4 is 0 Å². The summed E-state index contributed by atoms with van der Waals surface area (Å²) in [5.74, 6) is -3.14. The molecular formula is C39H76O15. The molecule has 2 unspecified atom stereocenters. The number of rotatable bonds is 20. The highest BCUT2D eigenvalue weighted by molar-refractivity contribution is 5.75. The Kier molecular flexibility index (Phi) is 97.5. The van der Waals surface area contributed by atoms with Gasteiger partial charge in [0.2, 0.25) is 0 Å². The Bertz CT molecular complexity index is 886. The minimum atomic E-state index is -1.16. The molecule has 2 atom stereocenters. The number of aliphatic hydroxyl groups is 2. The van der Waals surface area contributed by atoms with Crippen LogP contribution in [0, 0.1) is 0 Å². The summed E-state index contributed by atoms with van der Waals surface area (Å²) in [6, 6.07) is 0. The Morgan fingerprint density at radius 1 is 0.574 bits per heavy atom. The summed E-state index contributed by atoms with van der Waals surface area (Å²) < 4.78 is 0. The average molecular weight is 786 g/mol. The van der Waals surface area contributed by atoms with Crippen LogP contribution in [0.3, 0.4) is 0 Å². The van der Waals surface area contributed by atoms with Gasteiger partial charge < -0.3 is 35.4 Å². The van der Waals surface area contributed by atoms with Gasteiger partial charge in [0.05, 0.1) is 12.5 Å². The summed E-state index contributed by atoms with van der Waals surface area (Å²) in [4.78, 5) is 82.1. The predicted octanol–water partition coefficient (Wildman–Crippen LogP) is 8.17. The standard InChI is InChI=1S/2C6H12O3.C6H12O2.C5H10O2.C5H10O.C5H10.C4H8.2CO2.H2/c1-2-3-5(7)4-6(8)9;1-2-3-4-5(7)6(8)9;1-2-3-4-5-6(7)8;1-2-3-4-5(6)7;1-3-4-5(2)6;1-3-5-4-2;1-3-4-2;2*2-1-3;/h2*5,7H,2-4H2,1H3,(H,8,9);2-5H2,1H3,(H,7,8);2-4H2,1H3,(H,6,7);3-4H2,1-2H3;3H,1,4-5H2,2H3;3H,1,4H2,2H3;;;1H/i;;;;;;;;;1+1. The Morgan fingerprint density at radius 2 is 0.981 bits per heavy atom. The highest BCUT2D eigenvalue weighted by Crippen LogP contribution is 2.00. The summed E-state index contributed by atoms with van der Waals surface area (Å²) >= 11 is 0. The molecule has 0 amide bonds. The third kappa shape index (κ3) is 157. The third-order valence-electron chi connectivity index (χ3n) is 5.27. The van der Waals surface area contributed by atoms with Gasteiger partial charge in [-0.25, -0.2) is 4.79 Å². The van der Waals surface area contributed by atoms with E-state index >= 15 is 0 Å². The fourth-order valence-electron chi connectivity index (χ4n) is 2.57. The lowest BCUT2D eigenvalue weighted by Gasteiger charge is -2.03. The Balaban J connectivity index is -0.0000000528. The summed E-state index contributed by atoms with van der Waals surface area (Å²) in [7, 11) is 0. The summed E-state index contributed by atoms with van der Waals surface area (Å²) in [6.07, 6.45) is 16.4. The van der Waals surface area contributed by atoms with Gasteiger partial charge in [0.1, 0.15) is 5.78 Å². The van der Waals surface area contributed by atoms with Crippen molar-refractivity contribution in [3.05, 3.63) is 25.3 Å². The van der Waals surface area contributed by atoms with Crippen LogP contribution in [0.1, 0.15) is 172 Å². The number of aliphatic hydroxyl groups excluding tert-OH is 2. The molecule has 0 aliphatic heterocycles. The lowest BCUT2D eigenvalue weighted by Crippen LogP contribution is -2.18. The number of carbonyl (C=O) groups is 5. The number of carboxylic acid groups (broad SMARTS) is 4. The number of unbranched alkanes of at least 4 members (excludes halogenated alkanes) is 5. The first-order valence-corrected chi connectivity index (χ1v) is 18.3. The van der Waals surface area contributed by atoms with E-state index in [1.807, 2.05) is 39.8 Å². The SMILES string of the molecule is C=CCC.C=CCCC.CCCC(C)=O.CCCC(O)CC(=O)O.CCCCC(=O)O.CCCCC(O)C(=O)O.CCCCCC(=O)O.O=C=O.O=C=O.[2HH]. The van der Waals surface area contributed by atoms with E-state index in [4.69, 9.17) is 49.8 Å². The van der Waals surface area contributed by atoms with Crippen molar-refractivity contribution < 1.29 is 75.2 Å². The number of aliphatic carboxylic acids is 4. The third-order valence-corrected chi connectivity index (χ3v) is 5.27. The molecule has 0 fully saturated rings. The van der Waals surface area contributed by atoms with Gasteiger partial charge in [-0.05, 0) is 51.9 Å². The van der Waals surface area contributed by atoms with E-state index in [0.717, 1.165) is 77.0 Å². The number of Topliss-reactive ketones (excluding diaryl/α,β-unsaturated/α-hetero) is 1. The fraction of sp³-hybridized carbons (Fsp3) is 0.718. The van der Waals surface area contributed by atoms with E-state index in [2.05, 4.69) is 33.9 Å². The average Bonchev–Trinajstić information content (AvgIpc) is 3.08. The van der Waals surface area contributed by atoms with Gasteiger partial charge in [0.15, 0.2) is 6.10 Å². The number of ketones is 1. The molecule has 0 spiro atoms. The van der Waals surface area contributed by atoms with Crippen molar-refractivity contribution in [1.82, 2.24) is 0 Å². The van der Waals surface area contributed by atoms with E-state index in [1.54, 1.807) is 6.92 Å². The van der Waals surface area contributed by atoms with Crippen molar-refractivity contribution in [2.45, 2.75) is 183 Å². The lowest BCUT2D eigenvalue weighted by molar-refractivity contribution is -0.193. The van der Waals surface area contributed by atoms with Crippen molar-refractivity contribution in [2.75, 3.05) is 0 Å². The van der Waals surface area contributed by atoms with Crippen LogP contribution in [0.5, 0.6) is 0 Å². The molecule has 54 heavy (non-hydrogen) atoms. The summed E-state index contributed by atoms with van der Waals surface area (Å²) in [5.41, 5.74) is 0. The molecule has 0 saturated carbocycles. The maximum Gasteiger partial charge on any atom is 0.373 e. The first-order chi connectivity index (χ1) is 25.3. The van der Waals surface area contributed by atoms with E-state index in [-0.39, 0.29) is 25.9 Å². The number of allylic oxidation sites excluding steroid dienone is 2. The fourth-order valence-corrected chi connectivity index (χ4v) is 2.57. The van der Waals surface area contributed by atoms with Gasteiger partial charge in [0.25, 0.3) is 0 Å². The Hall–Kier alpha value is -4.29. The van der Waals surface area contributed by atoms with Crippen LogP contribution in [0.25, 0.3) is 0 Å². The number of carbonyl (C=O) groups excluding carboxylic acids is 5. The Labute approximate surface area is 325 Å². The lowest BCUT2D eigenvalue weighted by atomic mass is 10.1. The van der Waals surface area contributed by atoms with Gasteiger partial charge in [-0.1, -0.05) is 106 Å². The minimum absolute atomic E-state index is 0. The van der Waals surface area contributed by atoms with Crippen LogP contribution >= 0.6 is 0 Å². The van der Waals surface area contributed by atoms with Gasteiger partial charge in [0, 0.05) is 20.7 Å². The molecule has 0 aliphatic carbocycles. The van der Waals surface area contributed by atoms with E-state index in [9.17, 15) is 24.0 Å². The zero-order chi connectivity index (χ0) is 44.6. The summed E-state index contributed by atoms with van der Waals surface area (Å²) in [6.45, 7) is 22.7. The zero-order valence-corrected chi connectivity index (χ0v) is 34.3. The second-order valence-electron chi connectivity index (χ2n) is 10.8. The van der Waals surface area contributed by atoms with Gasteiger partial charge in [-0.15, -0.1) is 13.2 Å². The molecule has 15 nitrogen and oxygen atoms in total. The first kappa shape index (κ1) is 71.2. The molecule has 6 N–H and O–H groups in total. The molecule has 0 aliphatic rings. The topological polar surface area (TPSA) is 275 Å². The molecule has 0 radical (unpaired) electrons. The van der Waals surface area contributed by atoms with E-state index in [1.165, 1.54) is 6.42 Å². The molecule has 0 rings (SSSR count). The number of hydrogen-bond donors (Lipinski definition) is 6. The number of carboxylic acids is 4. The minimum Gasteiger partial charge on any atom is -0.481 e. The van der Waals surface area contributed by atoms with Crippen molar-refractivity contribution in [3.63, 3.8) is 0 Å². The van der Waals surface area contributed by atoms with Crippen molar-refractivity contribution in [1.29, 1.82) is 0 Å². The second-order valence-corrected chi connectivity index (χ2v) is 10.8. The monoisotopic (exact) mass is 786 g/mol. The molecule has 15 heteroatoms. The maximum atomic E-state index is 10.0. The predicted molar refractivity (Wildman–Crippen MR) is 209 cm³/mol. The van der Waals surface area contributed by atoms with Crippen LogP contribution in [0.4, 0.5) is 0 Å². The molecule has 0 aromatic rings. The second kappa shape index (κ2) is 74.0. The molecule has 0 heterocycles. The normalized spacial score (nSPS) is 9.22. The van der Waals surface area contributed by atoms with Crippen LogP contribution in [-0.2, 0) is 43.2 Å². The first-order valence-electron chi connectivity index (χ1n) is 18.3. The maximum absolute atomic E-state index is 10.0. The van der Waals surface area contributed by atoms with Crippen molar-refractivity contribution in [3.8, 4) is 0 Å². The highest BCUT2D eigenvalue weighted by Gasteiger charge is 2.10. The van der Waals surface area contributed by atoms with Gasteiger partial charge >= 0.3 is 36.2 Å². The summed E-state index contributed by atoms with van der Waals surface area (Å²) in [5, 5.41) is 50.0. The van der Waals surface area contributed by atoms with E-state index < -0.39 is 36.1 Å². The van der Waals surface area contributed by atoms with Gasteiger partial charge in [-0.2, -0.15) is 19.2 Å². The smallest absolute Gasteiger partial charge is 0.373 e. The van der Waals surface area contributed by atoms with Crippen molar-refractivity contribution in [2.24, 2.45) is 0 Å². The quantitative estimate of drug-likeness (QED) is 0.0501. The molecule has 322 valence electrons. The Morgan fingerprint density at radius 3 is 1.17 bits per heavy atom. The molecule has 0 aromatic heterocycles. The van der Waals surface area contributed by atoms with Crippen LogP contribution in [0.2, 0.25) is 0 Å². The van der Waals surface area contributed by atoms with Gasteiger partial charge in [-0.3, -0.25) is 14.4 Å². The molecule has 0 bridgehead atoms. The van der Waals surface area contributed by atoms with Crippen LogP contribution in [0.15, 0.2) is 25.3 Å². The zero-order valence-electron chi connectivity index (χ0n) is 34.3.